The van der Waals surface area contributed by atoms with Crippen molar-refractivity contribution in [1.29, 1.82) is 0 Å². The second kappa shape index (κ2) is 8.16. The number of rotatable bonds is 6. The zero-order valence-corrected chi connectivity index (χ0v) is 15.4. The van der Waals surface area contributed by atoms with Gasteiger partial charge in [-0.3, -0.25) is 4.79 Å². The molecule has 0 aliphatic heterocycles. The van der Waals surface area contributed by atoms with Gasteiger partial charge in [0.25, 0.3) is 5.91 Å². The van der Waals surface area contributed by atoms with E-state index in [1.165, 1.54) is 5.56 Å². The molecule has 0 atom stereocenters. The molecule has 23 heavy (non-hydrogen) atoms. The summed E-state index contributed by atoms with van der Waals surface area (Å²) in [7, 11) is 0. The highest BCUT2D eigenvalue weighted by atomic mass is 79.9. The summed E-state index contributed by atoms with van der Waals surface area (Å²) in [5.74, 6) is 0.452. The van der Waals surface area contributed by atoms with Crippen molar-refractivity contribution in [3.63, 3.8) is 0 Å². The summed E-state index contributed by atoms with van der Waals surface area (Å²) >= 11 is 3.42. The lowest BCUT2D eigenvalue weighted by Gasteiger charge is -2.13. The van der Waals surface area contributed by atoms with Gasteiger partial charge in [0.2, 0.25) is 0 Å². The van der Waals surface area contributed by atoms with E-state index in [9.17, 15) is 4.79 Å². The van der Waals surface area contributed by atoms with Crippen LogP contribution in [0.15, 0.2) is 40.9 Å². The number of carbonyl (C=O) groups excluding carboxylic acids is 1. The van der Waals surface area contributed by atoms with Crippen LogP contribution in [0.5, 0.6) is 5.75 Å². The molecule has 1 N–H and O–H groups in total. The number of ether oxygens (including phenoxy) is 1. The Hall–Kier alpha value is -1.81. The van der Waals surface area contributed by atoms with Crippen LogP contribution in [0.1, 0.15) is 41.3 Å². The lowest BCUT2D eigenvalue weighted by atomic mass is 10.1. The lowest BCUT2D eigenvalue weighted by Crippen LogP contribution is -2.15. The minimum atomic E-state index is -0.162. The highest BCUT2D eigenvalue weighted by Gasteiger charge is 2.14. The molecule has 0 radical (unpaired) electrons. The first-order valence-electron chi connectivity index (χ1n) is 7.82. The third-order valence-electron chi connectivity index (χ3n) is 3.57. The van der Waals surface area contributed by atoms with Crippen molar-refractivity contribution in [1.82, 2.24) is 0 Å². The largest absolute Gasteiger partial charge is 0.493 e. The fraction of sp³-hybridized carbons (Fsp3) is 0.316. The van der Waals surface area contributed by atoms with E-state index in [0.29, 0.717) is 17.9 Å². The predicted molar refractivity (Wildman–Crippen MR) is 98.4 cm³/mol. The Kier molecular flexibility index (Phi) is 6.22. The molecule has 0 aromatic heterocycles. The van der Waals surface area contributed by atoms with Crippen LogP contribution in [0.2, 0.25) is 0 Å². The topological polar surface area (TPSA) is 38.3 Å². The fourth-order valence-corrected chi connectivity index (χ4v) is 2.64. The Balaban J connectivity index is 2.21. The third kappa shape index (κ3) is 4.83. The van der Waals surface area contributed by atoms with Crippen LogP contribution in [0.25, 0.3) is 0 Å². The summed E-state index contributed by atoms with van der Waals surface area (Å²) in [5.41, 5.74) is 3.57. The Labute approximate surface area is 146 Å². The molecule has 2 rings (SSSR count). The number of carbonyl (C=O) groups is 1. The van der Waals surface area contributed by atoms with Crippen molar-refractivity contribution in [3.8, 4) is 5.75 Å². The number of aryl methyl sites for hydroxylation is 2. The Morgan fingerprint density at radius 1 is 1.17 bits per heavy atom. The quantitative estimate of drug-likeness (QED) is 0.677. The van der Waals surface area contributed by atoms with Gasteiger partial charge in [-0.1, -0.05) is 47.0 Å². The average Bonchev–Trinajstić information content (AvgIpc) is 2.51. The first-order chi connectivity index (χ1) is 11.0. The molecule has 0 aliphatic carbocycles. The molecule has 1 amide bonds. The first kappa shape index (κ1) is 17.5. The van der Waals surface area contributed by atoms with Gasteiger partial charge in [-0.05, 0) is 50.1 Å². The van der Waals surface area contributed by atoms with Crippen LogP contribution >= 0.6 is 15.9 Å². The number of benzene rings is 2. The number of amides is 1. The average molecular weight is 376 g/mol. The van der Waals surface area contributed by atoms with Gasteiger partial charge in [-0.25, -0.2) is 0 Å². The van der Waals surface area contributed by atoms with Gasteiger partial charge in [0.1, 0.15) is 5.75 Å². The number of hydrogen-bond donors (Lipinski definition) is 1. The van der Waals surface area contributed by atoms with Gasteiger partial charge in [0.15, 0.2) is 0 Å². The highest BCUT2D eigenvalue weighted by Crippen LogP contribution is 2.25. The zero-order chi connectivity index (χ0) is 16.8. The minimum Gasteiger partial charge on any atom is -0.493 e. The molecule has 0 aliphatic rings. The maximum absolute atomic E-state index is 12.6. The molecule has 0 saturated heterocycles. The number of halogens is 1. The number of anilines is 1. The summed E-state index contributed by atoms with van der Waals surface area (Å²) in [5, 5.41) is 2.97. The molecule has 0 bridgehead atoms. The molecule has 2 aromatic rings. The van der Waals surface area contributed by atoms with Crippen molar-refractivity contribution in [2.75, 3.05) is 11.9 Å². The van der Waals surface area contributed by atoms with Crippen LogP contribution in [0, 0.1) is 13.8 Å². The van der Waals surface area contributed by atoms with E-state index in [4.69, 9.17) is 4.74 Å². The van der Waals surface area contributed by atoms with Crippen molar-refractivity contribution in [2.45, 2.75) is 33.6 Å². The molecule has 0 heterocycles. The van der Waals surface area contributed by atoms with Gasteiger partial charge in [0.05, 0.1) is 12.2 Å². The normalized spacial score (nSPS) is 10.4. The highest BCUT2D eigenvalue weighted by molar-refractivity contribution is 9.10. The van der Waals surface area contributed by atoms with E-state index in [0.717, 1.165) is 28.6 Å². The maximum Gasteiger partial charge on any atom is 0.259 e. The maximum atomic E-state index is 12.6. The number of unbranched alkanes of at least 4 members (excludes halogenated alkanes) is 1. The van der Waals surface area contributed by atoms with Gasteiger partial charge in [-0.2, -0.15) is 0 Å². The van der Waals surface area contributed by atoms with Crippen LogP contribution in [-0.2, 0) is 0 Å². The minimum absolute atomic E-state index is 0.162. The summed E-state index contributed by atoms with van der Waals surface area (Å²) in [6.07, 6.45) is 2.02. The van der Waals surface area contributed by atoms with Gasteiger partial charge in [0, 0.05) is 10.2 Å². The first-order valence-corrected chi connectivity index (χ1v) is 8.61. The Bertz CT molecular complexity index is 698. The van der Waals surface area contributed by atoms with Crippen LogP contribution in [0.4, 0.5) is 5.69 Å². The smallest absolute Gasteiger partial charge is 0.259 e. The molecule has 122 valence electrons. The van der Waals surface area contributed by atoms with Crippen molar-refractivity contribution >= 4 is 27.5 Å². The lowest BCUT2D eigenvalue weighted by molar-refractivity contribution is 0.102. The van der Waals surface area contributed by atoms with E-state index in [1.807, 2.05) is 38.1 Å². The van der Waals surface area contributed by atoms with Gasteiger partial charge >= 0.3 is 0 Å². The SMILES string of the molecule is CCCCOc1ccc(Br)cc1C(=O)Nc1ccc(C)cc1C. The summed E-state index contributed by atoms with van der Waals surface area (Å²) in [4.78, 5) is 12.6. The predicted octanol–water partition coefficient (Wildman–Crippen LogP) is 5.50. The molecule has 0 saturated carbocycles. The van der Waals surface area contributed by atoms with Crippen LogP contribution in [0.3, 0.4) is 0 Å². The third-order valence-corrected chi connectivity index (χ3v) is 4.07. The fourth-order valence-electron chi connectivity index (χ4n) is 2.28. The molecular formula is C19H22BrNO2. The van der Waals surface area contributed by atoms with Crippen molar-refractivity contribution in [3.05, 3.63) is 57.6 Å². The summed E-state index contributed by atoms with van der Waals surface area (Å²) < 4.78 is 6.61. The van der Waals surface area contributed by atoms with E-state index in [2.05, 4.69) is 34.2 Å². The summed E-state index contributed by atoms with van der Waals surface area (Å²) in [6.45, 7) is 6.75. The van der Waals surface area contributed by atoms with E-state index in [-0.39, 0.29) is 5.91 Å². The zero-order valence-electron chi connectivity index (χ0n) is 13.8. The second-order valence-corrected chi connectivity index (χ2v) is 6.53. The number of hydrogen-bond acceptors (Lipinski definition) is 2. The summed E-state index contributed by atoms with van der Waals surface area (Å²) in [6, 6.07) is 11.5. The van der Waals surface area contributed by atoms with E-state index in [1.54, 1.807) is 6.07 Å². The molecule has 0 fully saturated rings. The molecule has 0 unspecified atom stereocenters. The van der Waals surface area contributed by atoms with Gasteiger partial charge < -0.3 is 10.1 Å². The van der Waals surface area contributed by atoms with E-state index >= 15 is 0 Å². The van der Waals surface area contributed by atoms with Crippen LogP contribution < -0.4 is 10.1 Å². The molecule has 3 nitrogen and oxygen atoms in total. The molecule has 2 aromatic carbocycles. The Morgan fingerprint density at radius 3 is 2.65 bits per heavy atom. The number of nitrogens with one attached hydrogen (secondary N) is 1. The molecule has 0 spiro atoms. The van der Waals surface area contributed by atoms with E-state index < -0.39 is 0 Å². The van der Waals surface area contributed by atoms with Crippen molar-refractivity contribution < 1.29 is 9.53 Å². The van der Waals surface area contributed by atoms with Gasteiger partial charge in [-0.15, -0.1) is 0 Å². The second-order valence-electron chi connectivity index (χ2n) is 5.61. The monoisotopic (exact) mass is 375 g/mol. The molecular weight excluding hydrogens is 354 g/mol. The molecule has 4 heteroatoms. The Morgan fingerprint density at radius 2 is 1.96 bits per heavy atom. The standard InChI is InChI=1S/C19H22BrNO2/c1-4-5-10-23-18-9-7-15(20)12-16(18)19(22)21-17-8-6-13(2)11-14(17)3/h6-9,11-12H,4-5,10H2,1-3H3,(H,21,22). The van der Waals surface area contributed by atoms with Crippen molar-refractivity contribution in [2.24, 2.45) is 0 Å². The van der Waals surface area contributed by atoms with Crippen LogP contribution in [-0.4, -0.2) is 12.5 Å².